The molecule has 4 aromatic carbocycles. The van der Waals surface area contributed by atoms with Gasteiger partial charge in [0.15, 0.2) is 0 Å². The van der Waals surface area contributed by atoms with Crippen molar-refractivity contribution in [3.05, 3.63) is 95.6 Å². The molecule has 0 unspecified atom stereocenters. The first kappa shape index (κ1) is 29.0. The van der Waals surface area contributed by atoms with Gasteiger partial charge < -0.3 is 30.8 Å². The zero-order valence-electron chi connectivity index (χ0n) is 23.0. The molecule has 5 N–H and O–H groups in total. The third kappa shape index (κ3) is 8.25. The van der Waals surface area contributed by atoms with Crippen LogP contribution in [0, 0.1) is 0 Å². The molecule has 8 nitrogen and oxygen atoms in total. The Balaban J connectivity index is 1.28. The molecule has 4 aromatic rings. The first-order chi connectivity index (χ1) is 19.8. The fourth-order valence-electron chi connectivity index (χ4n) is 4.35. The number of benzene rings is 4. The SMILES string of the molecule is CCCCCOc1ccc2cc(OC(=O)/C=C/c3ccc(OCCc4c(N)cc(N)cc4C(=O)O)cc3)ccc2c1. The summed E-state index contributed by atoms with van der Waals surface area (Å²) in [4.78, 5) is 23.9. The first-order valence-electron chi connectivity index (χ1n) is 13.5. The van der Waals surface area contributed by atoms with Crippen molar-refractivity contribution in [2.75, 3.05) is 24.7 Å². The number of rotatable bonds is 13. The maximum absolute atomic E-state index is 12.4. The number of hydrogen-bond acceptors (Lipinski definition) is 7. The van der Waals surface area contributed by atoms with E-state index in [1.165, 1.54) is 18.2 Å². The topological polar surface area (TPSA) is 134 Å². The zero-order chi connectivity index (χ0) is 29.2. The fraction of sp³-hybridized carbons (Fsp3) is 0.212. The molecule has 8 heteroatoms. The van der Waals surface area contributed by atoms with Crippen LogP contribution in [-0.2, 0) is 11.2 Å². The third-order valence-electron chi connectivity index (χ3n) is 6.47. The number of nitrogens with two attached hydrogens (primary N) is 2. The number of unbranched alkanes of at least 4 members (excludes halogenated alkanes) is 2. The number of fused-ring (bicyclic) bond motifs is 1. The second kappa shape index (κ2) is 13.9. The minimum absolute atomic E-state index is 0.0686. The van der Waals surface area contributed by atoms with Gasteiger partial charge in [-0.1, -0.05) is 44.0 Å². The van der Waals surface area contributed by atoms with Crippen LogP contribution >= 0.6 is 0 Å². The van der Waals surface area contributed by atoms with Gasteiger partial charge in [-0.2, -0.15) is 0 Å². The summed E-state index contributed by atoms with van der Waals surface area (Å²) in [6.07, 6.45) is 6.67. The van der Waals surface area contributed by atoms with E-state index in [9.17, 15) is 14.7 Å². The Kier molecular flexibility index (Phi) is 9.83. The number of carboxylic acids is 1. The van der Waals surface area contributed by atoms with E-state index in [4.69, 9.17) is 25.7 Å². The van der Waals surface area contributed by atoms with Crippen molar-refractivity contribution in [2.24, 2.45) is 0 Å². The average Bonchev–Trinajstić information content (AvgIpc) is 2.95. The largest absolute Gasteiger partial charge is 0.494 e. The predicted molar refractivity (Wildman–Crippen MR) is 162 cm³/mol. The Morgan fingerprint density at radius 2 is 1.46 bits per heavy atom. The van der Waals surface area contributed by atoms with E-state index in [0.29, 0.717) is 41.5 Å². The molecule has 0 bridgehead atoms. The van der Waals surface area contributed by atoms with Crippen LogP contribution in [0.25, 0.3) is 16.8 Å². The highest BCUT2D eigenvalue weighted by molar-refractivity contribution is 5.93. The zero-order valence-corrected chi connectivity index (χ0v) is 23.0. The van der Waals surface area contributed by atoms with Crippen molar-refractivity contribution >= 4 is 40.2 Å². The smallest absolute Gasteiger partial charge is 0.336 e. The van der Waals surface area contributed by atoms with Gasteiger partial charge in [-0.05, 0) is 82.9 Å². The standard InChI is InChI=1S/C33H34N2O6/c1-2-3-4-16-39-27-12-8-24-19-28(13-9-23(24)18-27)41-32(36)14-7-22-5-10-26(11-6-22)40-17-15-29-30(33(37)38)20-25(34)21-31(29)35/h5-14,18-21H,2-4,15-17,34-35H2,1H3,(H,37,38)/b14-7+. The Morgan fingerprint density at radius 1 is 0.805 bits per heavy atom. The molecule has 0 aromatic heterocycles. The molecule has 0 aliphatic rings. The Hall–Kier alpha value is -4.98. The van der Waals surface area contributed by atoms with E-state index in [0.717, 1.165) is 41.3 Å². The molecule has 212 valence electrons. The highest BCUT2D eigenvalue weighted by Gasteiger charge is 2.14. The molecule has 0 atom stereocenters. The summed E-state index contributed by atoms with van der Waals surface area (Å²) >= 11 is 0. The van der Waals surface area contributed by atoms with E-state index < -0.39 is 11.9 Å². The van der Waals surface area contributed by atoms with Crippen molar-refractivity contribution in [1.29, 1.82) is 0 Å². The van der Waals surface area contributed by atoms with E-state index in [1.807, 2.05) is 30.3 Å². The Bertz CT molecular complexity index is 1550. The number of aromatic carboxylic acids is 1. The summed E-state index contributed by atoms with van der Waals surface area (Å²) in [5.74, 6) is 0.306. The van der Waals surface area contributed by atoms with E-state index in [1.54, 1.807) is 36.4 Å². The van der Waals surface area contributed by atoms with Crippen molar-refractivity contribution < 1.29 is 28.9 Å². The van der Waals surface area contributed by atoms with Gasteiger partial charge in [-0.3, -0.25) is 0 Å². The van der Waals surface area contributed by atoms with Gasteiger partial charge in [0.1, 0.15) is 17.2 Å². The summed E-state index contributed by atoms with van der Waals surface area (Å²) in [6.45, 7) is 3.09. The maximum atomic E-state index is 12.4. The van der Waals surface area contributed by atoms with Crippen LogP contribution in [0.3, 0.4) is 0 Å². The summed E-state index contributed by atoms with van der Waals surface area (Å²) < 4.78 is 17.1. The lowest BCUT2D eigenvalue weighted by molar-refractivity contribution is -0.128. The molecule has 0 amide bonds. The van der Waals surface area contributed by atoms with Crippen molar-refractivity contribution in [1.82, 2.24) is 0 Å². The monoisotopic (exact) mass is 554 g/mol. The quantitative estimate of drug-likeness (QED) is 0.0560. The highest BCUT2D eigenvalue weighted by Crippen LogP contribution is 2.26. The molecular formula is C33H34N2O6. The molecule has 0 saturated carbocycles. The van der Waals surface area contributed by atoms with Crippen molar-refractivity contribution in [2.45, 2.75) is 32.6 Å². The number of ether oxygens (including phenoxy) is 3. The number of anilines is 2. The molecule has 0 radical (unpaired) electrons. The number of nitrogen functional groups attached to an aromatic ring is 2. The van der Waals surface area contributed by atoms with E-state index in [-0.39, 0.29) is 12.2 Å². The second-order valence-corrected chi connectivity index (χ2v) is 9.59. The molecule has 0 heterocycles. The van der Waals surface area contributed by atoms with Gasteiger partial charge in [-0.25, -0.2) is 9.59 Å². The average molecular weight is 555 g/mol. The van der Waals surface area contributed by atoms with Crippen LogP contribution in [0.15, 0.2) is 78.9 Å². The first-order valence-corrected chi connectivity index (χ1v) is 13.5. The Labute approximate surface area is 239 Å². The van der Waals surface area contributed by atoms with Gasteiger partial charge >= 0.3 is 11.9 Å². The van der Waals surface area contributed by atoms with Crippen molar-refractivity contribution in [3.8, 4) is 17.2 Å². The highest BCUT2D eigenvalue weighted by atomic mass is 16.5. The molecule has 0 fully saturated rings. The number of carbonyl (C=O) groups excluding carboxylic acids is 1. The van der Waals surface area contributed by atoms with Crippen LogP contribution in [0.2, 0.25) is 0 Å². The molecule has 41 heavy (non-hydrogen) atoms. The van der Waals surface area contributed by atoms with Gasteiger partial charge in [0.05, 0.1) is 18.8 Å². The van der Waals surface area contributed by atoms with Crippen LogP contribution < -0.4 is 25.7 Å². The van der Waals surface area contributed by atoms with Crippen LogP contribution in [0.1, 0.15) is 47.7 Å². The number of esters is 1. The molecular weight excluding hydrogens is 520 g/mol. The summed E-state index contributed by atoms with van der Waals surface area (Å²) in [5, 5.41) is 11.4. The van der Waals surface area contributed by atoms with Crippen molar-refractivity contribution in [3.63, 3.8) is 0 Å². The van der Waals surface area contributed by atoms with Gasteiger partial charge in [0.2, 0.25) is 0 Å². The van der Waals surface area contributed by atoms with Gasteiger partial charge in [0, 0.05) is 23.9 Å². The lowest BCUT2D eigenvalue weighted by Crippen LogP contribution is -2.11. The van der Waals surface area contributed by atoms with Gasteiger partial charge in [-0.15, -0.1) is 0 Å². The lowest BCUT2D eigenvalue weighted by atomic mass is 10.0. The van der Waals surface area contributed by atoms with E-state index in [2.05, 4.69) is 6.92 Å². The fourth-order valence-corrected chi connectivity index (χ4v) is 4.35. The van der Waals surface area contributed by atoms with Crippen LogP contribution in [-0.4, -0.2) is 30.3 Å². The lowest BCUT2D eigenvalue weighted by Gasteiger charge is -2.12. The van der Waals surface area contributed by atoms with Gasteiger partial charge in [0.25, 0.3) is 0 Å². The summed E-state index contributed by atoms with van der Waals surface area (Å²) in [6, 6.07) is 21.4. The molecule has 0 saturated heterocycles. The summed E-state index contributed by atoms with van der Waals surface area (Å²) in [5.41, 5.74) is 13.6. The van der Waals surface area contributed by atoms with Crippen LogP contribution in [0.5, 0.6) is 17.2 Å². The number of hydrogen-bond donors (Lipinski definition) is 3. The minimum atomic E-state index is -1.09. The molecule has 0 aliphatic carbocycles. The third-order valence-corrected chi connectivity index (χ3v) is 6.47. The maximum Gasteiger partial charge on any atom is 0.336 e. The molecule has 0 spiro atoms. The summed E-state index contributed by atoms with van der Waals surface area (Å²) in [7, 11) is 0. The predicted octanol–water partition coefficient (Wildman–Crippen LogP) is 6.51. The normalized spacial score (nSPS) is 11.0. The molecule has 0 aliphatic heterocycles. The second-order valence-electron chi connectivity index (χ2n) is 9.59. The Morgan fingerprint density at radius 3 is 2.17 bits per heavy atom. The van der Waals surface area contributed by atoms with Crippen LogP contribution in [0.4, 0.5) is 11.4 Å². The number of carboxylic acid groups (broad SMARTS) is 1. The minimum Gasteiger partial charge on any atom is -0.494 e. The van der Waals surface area contributed by atoms with E-state index >= 15 is 0 Å². The molecule has 4 rings (SSSR count). The number of carbonyl (C=O) groups is 2.